The molecule has 5 nitrogen and oxygen atoms in total. The predicted octanol–water partition coefficient (Wildman–Crippen LogP) is -1.32. The average Bonchev–Trinajstić information content (AvgIpc) is 1.90. The molecular weight excluding hydrogens is 106 g/mol. The van der Waals surface area contributed by atoms with Crippen LogP contribution in [0.3, 0.4) is 0 Å². The van der Waals surface area contributed by atoms with E-state index in [0.29, 0.717) is 0 Å². The number of allylic oxidation sites excluding steroid dienone is 1. The summed E-state index contributed by atoms with van der Waals surface area (Å²) in [6.07, 6.45) is 5.07. The van der Waals surface area contributed by atoms with Crippen LogP contribution in [0.2, 0.25) is 0 Å². The highest BCUT2D eigenvalue weighted by molar-refractivity contribution is 5.70. The van der Waals surface area contributed by atoms with Crippen LogP contribution in [0.1, 0.15) is 0 Å². The fraction of sp³-hybridized carbons (Fsp3) is 0. The van der Waals surface area contributed by atoms with Crippen molar-refractivity contribution in [2.45, 2.75) is 0 Å². The Morgan fingerprint density at radius 3 is 3.00 bits per heavy atom. The van der Waals surface area contributed by atoms with E-state index in [-0.39, 0.29) is 0 Å². The van der Waals surface area contributed by atoms with E-state index >= 15 is 0 Å². The highest BCUT2D eigenvalue weighted by Gasteiger charge is 1.90. The predicted molar refractivity (Wildman–Crippen MR) is 29.9 cm³/mol. The van der Waals surface area contributed by atoms with Crippen LogP contribution in [-0.2, 0) is 0 Å². The Bertz CT molecular complexity index is 117. The molecule has 8 heavy (non-hydrogen) atoms. The number of hydrogen-bond donors (Lipinski definition) is 3. The van der Waals surface area contributed by atoms with Crippen LogP contribution in [-0.4, -0.2) is 11.3 Å². The van der Waals surface area contributed by atoms with E-state index < -0.39 is 0 Å². The van der Waals surface area contributed by atoms with Gasteiger partial charge < -0.3 is 0 Å². The van der Waals surface area contributed by atoms with Crippen LogP contribution < -0.4 is 16.9 Å². The summed E-state index contributed by atoms with van der Waals surface area (Å²) < 4.78 is 0. The van der Waals surface area contributed by atoms with Crippen LogP contribution in [0.4, 0.5) is 0 Å². The lowest BCUT2D eigenvalue weighted by Crippen LogP contribution is -2.46. The zero-order valence-electron chi connectivity index (χ0n) is 4.20. The van der Waals surface area contributed by atoms with Gasteiger partial charge in [0.15, 0.2) is 0 Å². The quantitative estimate of drug-likeness (QED) is 0.291. The maximum absolute atomic E-state index is 4.99. The molecule has 1 rings (SSSR count). The van der Waals surface area contributed by atoms with Crippen molar-refractivity contribution in [2.75, 3.05) is 0 Å². The SMILES string of the molecule is NNN1C=CC=NN1. The number of nitrogens with zero attached hydrogens (tertiary/aromatic N) is 2. The lowest BCUT2D eigenvalue weighted by molar-refractivity contribution is 0.190. The van der Waals surface area contributed by atoms with Crippen molar-refractivity contribution in [3.63, 3.8) is 0 Å². The second-order valence-corrected chi connectivity index (χ2v) is 1.22. The summed E-state index contributed by atoms with van der Waals surface area (Å²) in [4.78, 5) is 0. The summed E-state index contributed by atoms with van der Waals surface area (Å²) in [5, 5.41) is 5.07. The molecule has 1 aliphatic heterocycles. The van der Waals surface area contributed by atoms with E-state index in [4.69, 9.17) is 5.84 Å². The average molecular weight is 113 g/mol. The Balaban J connectivity index is 2.40. The Morgan fingerprint density at radius 1 is 1.75 bits per heavy atom. The molecule has 1 aliphatic rings. The van der Waals surface area contributed by atoms with Crippen molar-refractivity contribution >= 4 is 6.21 Å². The van der Waals surface area contributed by atoms with E-state index in [1.165, 1.54) is 5.12 Å². The number of hydrogen-bond acceptors (Lipinski definition) is 5. The molecule has 4 N–H and O–H groups in total. The fourth-order valence-electron chi connectivity index (χ4n) is 0.368. The van der Waals surface area contributed by atoms with Gasteiger partial charge in [0.2, 0.25) is 0 Å². The van der Waals surface area contributed by atoms with E-state index in [1.54, 1.807) is 18.5 Å². The number of nitrogens with two attached hydrogens (primary N) is 1. The molecule has 44 valence electrons. The van der Waals surface area contributed by atoms with Gasteiger partial charge in [-0.25, -0.2) is 5.53 Å². The summed E-state index contributed by atoms with van der Waals surface area (Å²) in [5.74, 6) is 4.99. The largest absolute Gasteiger partial charge is 0.252 e. The molecule has 0 aromatic heterocycles. The van der Waals surface area contributed by atoms with Crippen LogP contribution in [0.15, 0.2) is 17.4 Å². The first-order valence-electron chi connectivity index (χ1n) is 2.14. The topological polar surface area (TPSA) is 65.7 Å². The van der Waals surface area contributed by atoms with Crippen molar-refractivity contribution in [3.8, 4) is 0 Å². The third-order valence-electron chi connectivity index (χ3n) is 0.700. The summed E-state index contributed by atoms with van der Waals surface area (Å²) in [6, 6.07) is 0. The van der Waals surface area contributed by atoms with Crippen molar-refractivity contribution < 1.29 is 0 Å². The molecule has 0 atom stereocenters. The van der Waals surface area contributed by atoms with Crippen LogP contribution in [0.5, 0.6) is 0 Å². The summed E-state index contributed by atoms with van der Waals surface area (Å²) in [5.41, 5.74) is 4.87. The number of nitrogens with one attached hydrogen (secondary N) is 2. The Kier molecular flexibility index (Phi) is 1.45. The first-order chi connectivity index (χ1) is 3.93. The first kappa shape index (κ1) is 5.07. The van der Waals surface area contributed by atoms with E-state index in [9.17, 15) is 0 Å². The standard InChI is InChI=1S/C3H7N5/c4-6-8-3-1-2-5-7-8/h1-3,6-7H,4H2. The van der Waals surface area contributed by atoms with E-state index in [1.807, 2.05) is 0 Å². The molecule has 5 heteroatoms. The molecule has 0 saturated carbocycles. The molecule has 0 radical (unpaired) electrons. The maximum Gasteiger partial charge on any atom is 0.0504 e. The number of rotatable bonds is 1. The highest BCUT2D eigenvalue weighted by Crippen LogP contribution is 1.79. The highest BCUT2D eigenvalue weighted by atomic mass is 15.9. The van der Waals surface area contributed by atoms with E-state index in [2.05, 4.69) is 16.2 Å². The molecule has 0 aromatic rings. The molecule has 0 fully saturated rings. The minimum absolute atomic E-state index is 1.42. The van der Waals surface area contributed by atoms with Gasteiger partial charge in [-0.3, -0.25) is 5.84 Å². The second kappa shape index (κ2) is 2.29. The van der Waals surface area contributed by atoms with Gasteiger partial charge in [0.05, 0.1) is 6.21 Å². The van der Waals surface area contributed by atoms with Gasteiger partial charge >= 0.3 is 0 Å². The zero-order chi connectivity index (χ0) is 5.82. The zero-order valence-corrected chi connectivity index (χ0v) is 4.20. The smallest absolute Gasteiger partial charge is 0.0504 e. The maximum atomic E-state index is 4.99. The van der Waals surface area contributed by atoms with E-state index in [0.717, 1.165) is 0 Å². The van der Waals surface area contributed by atoms with Gasteiger partial charge in [0.1, 0.15) is 0 Å². The van der Waals surface area contributed by atoms with Gasteiger partial charge in [-0.2, -0.15) is 15.8 Å². The molecule has 1 heterocycles. The minimum atomic E-state index is 1.42. The molecular formula is C3H7N5. The molecule has 0 aliphatic carbocycles. The fourth-order valence-corrected chi connectivity index (χ4v) is 0.368. The third-order valence-corrected chi connectivity index (χ3v) is 0.700. The molecule has 0 saturated heterocycles. The Labute approximate surface area is 46.7 Å². The molecule has 0 unspecified atom stereocenters. The number of hydrazone groups is 1. The molecule has 0 bridgehead atoms. The lowest BCUT2D eigenvalue weighted by atomic mass is 10.6. The summed E-state index contributed by atoms with van der Waals surface area (Å²) in [6.45, 7) is 0. The van der Waals surface area contributed by atoms with Crippen LogP contribution in [0.25, 0.3) is 0 Å². The second-order valence-electron chi connectivity index (χ2n) is 1.22. The van der Waals surface area contributed by atoms with Crippen molar-refractivity contribution in [2.24, 2.45) is 10.9 Å². The minimum Gasteiger partial charge on any atom is -0.252 e. The van der Waals surface area contributed by atoms with Crippen molar-refractivity contribution in [1.82, 2.24) is 16.2 Å². The first-order valence-corrected chi connectivity index (χ1v) is 2.14. The Morgan fingerprint density at radius 2 is 2.62 bits per heavy atom. The number of hydrazine groups is 3. The molecule has 0 amide bonds. The Hall–Kier alpha value is -1.07. The van der Waals surface area contributed by atoms with Gasteiger partial charge in [0.25, 0.3) is 0 Å². The van der Waals surface area contributed by atoms with Gasteiger partial charge in [-0.15, -0.1) is 0 Å². The van der Waals surface area contributed by atoms with Gasteiger partial charge in [-0.05, 0) is 6.08 Å². The normalized spacial score (nSPS) is 16.4. The van der Waals surface area contributed by atoms with Crippen LogP contribution >= 0.6 is 0 Å². The molecule has 0 spiro atoms. The van der Waals surface area contributed by atoms with Gasteiger partial charge in [-0.1, -0.05) is 0 Å². The monoisotopic (exact) mass is 113 g/mol. The van der Waals surface area contributed by atoms with Crippen LogP contribution in [0, 0.1) is 0 Å². The third kappa shape index (κ3) is 0.955. The molecule has 0 aromatic carbocycles. The van der Waals surface area contributed by atoms with Gasteiger partial charge in [0, 0.05) is 6.20 Å². The summed E-state index contributed by atoms with van der Waals surface area (Å²) in [7, 11) is 0. The summed E-state index contributed by atoms with van der Waals surface area (Å²) >= 11 is 0. The van der Waals surface area contributed by atoms with Crippen molar-refractivity contribution in [3.05, 3.63) is 12.3 Å². The van der Waals surface area contributed by atoms with Crippen molar-refractivity contribution in [1.29, 1.82) is 0 Å². The lowest BCUT2D eigenvalue weighted by Gasteiger charge is -2.17.